The van der Waals surface area contributed by atoms with E-state index in [4.69, 9.17) is 4.74 Å². The number of fused-ring (bicyclic) bond motifs is 7. The Labute approximate surface area is 297 Å². The summed E-state index contributed by atoms with van der Waals surface area (Å²) in [5.74, 6) is 2.31. The molecule has 0 radical (unpaired) electrons. The Morgan fingerprint density at radius 3 is 2.37 bits per heavy atom. The van der Waals surface area contributed by atoms with Crippen LogP contribution >= 0.6 is 0 Å². The van der Waals surface area contributed by atoms with Gasteiger partial charge in [0.2, 0.25) is 0 Å². The molecule has 0 bridgehead atoms. The van der Waals surface area contributed by atoms with E-state index in [9.17, 15) is 14.3 Å². The maximum absolute atomic E-state index is 14.0. The van der Waals surface area contributed by atoms with E-state index in [1.165, 1.54) is 68.1 Å². The summed E-state index contributed by atoms with van der Waals surface area (Å²) in [6.07, 6.45) is 17.5. The lowest BCUT2D eigenvalue weighted by molar-refractivity contribution is -0.221. The number of carboxylic acid groups (broad SMARTS) is 1. The van der Waals surface area contributed by atoms with Gasteiger partial charge in [-0.25, -0.2) is 4.39 Å². The summed E-state index contributed by atoms with van der Waals surface area (Å²) in [7, 11) is 0. The number of halogens is 1. The van der Waals surface area contributed by atoms with Crippen LogP contribution in [0.5, 0.6) is 0 Å². The van der Waals surface area contributed by atoms with E-state index in [-0.39, 0.29) is 16.4 Å². The van der Waals surface area contributed by atoms with Crippen molar-refractivity contribution < 1.29 is 19.0 Å². The molecule has 0 amide bonds. The van der Waals surface area contributed by atoms with Crippen molar-refractivity contribution in [2.75, 3.05) is 46.1 Å². The average Bonchev–Trinajstić information content (AvgIpc) is 3.45. The van der Waals surface area contributed by atoms with Gasteiger partial charge in [0.25, 0.3) is 0 Å². The topological polar surface area (TPSA) is 61.8 Å². The molecule has 5 fully saturated rings. The minimum Gasteiger partial charge on any atom is -0.481 e. The fraction of sp³-hybridized carbons (Fsp3) is 0.837. The largest absolute Gasteiger partial charge is 0.481 e. The Kier molecular flexibility index (Phi) is 9.21. The smallest absolute Gasteiger partial charge is 0.312 e. The van der Waals surface area contributed by atoms with Gasteiger partial charge in [-0.1, -0.05) is 58.9 Å². The molecule has 1 heterocycles. The summed E-state index contributed by atoms with van der Waals surface area (Å²) in [5.41, 5.74) is 3.99. The number of carbonyl (C=O) groups is 1. The summed E-state index contributed by atoms with van der Waals surface area (Å²) in [6, 6.07) is 0. The molecule has 0 aromatic heterocycles. The summed E-state index contributed by atoms with van der Waals surface area (Å²) < 4.78 is 19.6. The Morgan fingerprint density at radius 1 is 0.959 bits per heavy atom. The predicted molar refractivity (Wildman–Crippen MR) is 196 cm³/mol. The molecule has 6 heteroatoms. The lowest BCUT2D eigenvalue weighted by Gasteiger charge is -2.72. The summed E-state index contributed by atoms with van der Waals surface area (Å²) in [4.78, 5) is 14.6. The first-order valence-corrected chi connectivity index (χ1v) is 20.1. The van der Waals surface area contributed by atoms with E-state index in [2.05, 4.69) is 70.5 Å². The number of alkyl halides is 1. The van der Waals surface area contributed by atoms with Crippen molar-refractivity contribution in [2.24, 2.45) is 56.7 Å². The molecule has 1 unspecified atom stereocenters. The van der Waals surface area contributed by atoms with Crippen LogP contribution in [0.2, 0.25) is 0 Å². The Morgan fingerprint density at radius 2 is 1.71 bits per heavy atom. The fourth-order valence-electron chi connectivity index (χ4n) is 14.4. The number of nitrogens with one attached hydrogen (secondary N) is 1. The van der Waals surface area contributed by atoms with E-state index < -0.39 is 18.1 Å². The number of allylic oxidation sites excluding steroid dienone is 5. The zero-order valence-corrected chi connectivity index (χ0v) is 31.8. The van der Waals surface area contributed by atoms with Gasteiger partial charge in [-0.05, 0) is 146 Å². The molecule has 49 heavy (non-hydrogen) atoms. The third-order valence-electron chi connectivity index (χ3n) is 17.3. The highest BCUT2D eigenvalue weighted by molar-refractivity contribution is 5.75. The summed E-state index contributed by atoms with van der Waals surface area (Å²) in [5, 5.41) is 14.1. The van der Waals surface area contributed by atoms with Gasteiger partial charge in [0.1, 0.15) is 6.67 Å². The van der Waals surface area contributed by atoms with E-state index in [1.54, 1.807) is 0 Å². The third-order valence-corrected chi connectivity index (χ3v) is 17.3. The maximum atomic E-state index is 14.0. The minimum absolute atomic E-state index is 0.0134. The van der Waals surface area contributed by atoms with Crippen molar-refractivity contribution in [3.8, 4) is 0 Å². The molecule has 0 aromatic rings. The first-order valence-electron chi connectivity index (χ1n) is 20.1. The molecule has 7 aliphatic rings. The lowest BCUT2D eigenvalue weighted by atomic mass is 9.33. The quantitative estimate of drug-likeness (QED) is 0.251. The molecule has 4 saturated carbocycles. The van der Waals surface area contributed by atoms with E-state index in [0.717, 1.165) is 51.7 Å². The lowest BCUT2D eigenvalue weighted by Crippen LogP contribution is -2.68. The Balaban J connectivity index is 1.15. The van der Waals surface area contributed by atoms with Crippen molar-refractivity contribution in [3.05, 3.63) is 35.5 Å². The monoisotopic (exact) mass is 679 g/mol. The predicted octanol–water partition coefficient (Wildman–Crippen LogP) is 9.01. The van der Waals surface area contributed by atoms with Crippen molar-refractivity contribution in [2.45, 2.75) is 124 Å². The Bertz CT molecular complexity index is 1380. The van der Waals surface area contributed by atoms with Gasteiger partial charge in [-0.3, -0.25) is 9.69 Å². The van der Waals surface area contributed by atoms with Crippen molar-refractivity contribution in [3.63, 3.8) is 0 Å². The van der Waals surface area contributed by atoms with Crippen LogP contribution in [-0.2, 0) is 9.53 Å². The zero-order chi connectivity index (χ0) is 35.0. The summed E-state index contributed by atoms with van der Waals surface area (Å²) in [6.45, 7) is 25.3. The van der Waals surface area contributed by atoms with E-state index in [0.29, 0.717) is 53.8 Å². The SMILES string of the molecule is C=C(C)[C@@H]1CC[C@]2(NCCN3CCOCC3)CC[C@]3(C)[C@H](CC[C@@H]4[C@@]5(C)CC=C(C6=CC[C@](CF)(C(=O)O)CC6)C(C)(C)C5CC[C@]43C)[C@@H]12. The van der Waals surface area contributed by atoms with Gasteiger partial charge in [0.05, 0.1) is 18.6 Å². The van der Waals surface area contributed by atoms with Crippen LogP contribution in [0.1, 0.15) is 119 Å². The highest BCUT2D eigenvalue weighted by Gasteiger charge is 2.70. The van der Waals surface area contributed by atoms with Crippen LogP contribution in [0, 0.1) is 56.7 Å². The molecule has 0 spiro atoms. The van der Waals surface area contributed by atoms with E-state index >= 15 is 0 Å². The molecule has 1 aliphatic heterocycles. The number of morpholine rings is 1. The number of hydrogen-bond donors (Lipinski definition) is 2. The van der Waals surface area contributed by atoms with Gasteiger partial charge in [0.15, 0.2) is 0 Å². The molecule has 10 atom stereocenters. The van der Waals surface area contributed by atoms with Crippen LogP contribution in [0.4, 0.5) is 4.39 Å². The van der Waals surface area contributed by atoms with Crippen molar-refractivity contribution in [1.29, 1.82) is 0 Å². The second-order valence-corrected chi connectivity index (χ2v) is 19.4. The number of rotatable bonds is 8. The highest BCUT2D eigenvalue weighted by Crippen LogP contribution is 2.76. The number of ether oxygens (including phenoxy) is 1. The third kappa shape index (κ3) is 5.33. The van der Waals surface area contributed by atoms with Crippen molar-refractivity contribution >= 4 is 5.97 Å². The van der Waals surface area contributed by atoms with Gasteiger partial charge in [0, 0.05) is 31.7 Å². The van der Waals surface area contributed by atoms with Crippen LogP contribution in [-0.4, -0.2) is 67.6 Å². The fourth-order valence-corrected chi connectivity index (χ4v) is 14.4. The maximum Gasteiger partial charge on any atom is 0.312 e. The average molecular weight is 679 g/mol. The van der Waals surface area contributed by atoms with Crippen LogP contribution in [0.15, 0.2) is 35.5 Å². The molecule has 6 aliphatic carbocycles. The van der Waals surface area contributed by atoms with Gasteiger partial charge in [-0.2, -0.15) is 0 Å². The molecular weight excluding hydrogens is 611 g/mol. The Hall–Kier alpha value is -1.50. The van der Waals surface area contributed by atoms with Crippen LogP contribution < -0.4 is 5.32 Å². The summed E-state index contributed by atoms with van der Waals surface area (Å²) >= 11 is 0. The number of nitrogens with zero attached hydrogens (tertiary/aromatic N) is 1. The first kappa shape index (κ1) is 35.9. The standard InChI is InChI=1S/C43H67FN2O3/c1-29(2)31-12-19-43(45-22-23-46-24-26-49-27-25-46)21-20-40(6)33(36(31)43)8-9-35-39(5)15-13-32(38(3,4)34(39)14-16-41(35,40)7)30-10-17-42(28-44,18-11-30)37(47)48/h10,13,31,33-36,45H,1,8-9,11-12,14-28H2,2-7H3,(H,47,48)/t31-,33+,34?,35+,36+,39-,40+,41+,42-,43-/m0/s1. The molecular formula is C43H67FN2O3. The molecule has 1 saturated heterocycles. The van der Waals surface area contributed by atoms with Crippen LogP contribution in [0.25, 0.3) is 0 Å². The van der Waals surface area contributed by atoms with Gasteiger partial charge in [-0.15, -0.1) is 0 Å². The first-order chi connectivity index (χ1) is 23.2. The molecule has 0 aromatic carbocycles. The normalized spacial score (nSPS) is 46.4. The molecule has 5 nitrogen and oxygen atoms in total. The van der Waals surface area contributed by atoms with E-state index in [1.807, 2.05) is 0 Å². The number of carboxylic acids is 1. The second-order valence-electron chi connectivity index (χ2n) is 19.4. The zero-order valence-electron chi connectivity index (χ0n) is 31.8. The van der Waals surface area contributed by atoms with Gasteiger partial charge >= 0.3 is 5.97 Å². The number of aliphatic carboxylic acids is 1. The molecule has 2 N–H and O–H groups in total. The highest BCUT2D eigenvalue weighted by atomic mass is 19.1. The van der Waals surface area contributed by atoms with Crippen molar-refractivity contribution in [1.82, 2.24) is 10.2 Å². The molecule has 274 valence electrons. The number of hydrogen-bond acceptors (Lipinski definition) is 4. The van der Waals surface area contributed by atoms with Crippen LogP contribution in [0.3, 0.4) is 0 Å². The molecule has 7 rings (SSSR count). The van der Waals surface area contributed by atoms with Gasteiger partial charge < -0.3 is 15.2 Å². The second kappa shape index (κ2) is 12.6. The minimum atomic E-state index is -1.24.